The van der Waals surface area contributed by atoms with E-state index in [0.29, 0.717) is 22.9 Å². The fourth-order valence-corrected chi connectivity index (χ4v) is 2.89. The zero-order valence-corrected chi connectivity index (χ0v) is 15.4. The maximum Gasteiger partial charge on any atom is 0.326 e. The van der Waals surface area contributed by atoms with Gasteiger partial charge in [-0.1, -0.05) is 24.3 Å². The number of imide groups is 1. The molecule has 0 saturated heterocycles. The largest absolute Gasteiger partial charge is 0.496 e. The molecular formula is C21H16N4O4. The van der Waals surface area contributed by atoms with Gasteiger partial charge in [-0.15, -0.1) is 10.2 Å². The monoisotopic (exact) mass is 388 g/mol. The third-order valence-electron chi connectivity index (χ3n) is 4.29. The second-order valence-electron chi connectivity index (χ2n) is 6.13. The Labute approximate surface area is 165 Å². The number of nitrogens with zero attached hydrogens (tertiary/aromatic N) is 2. The summed E-state index contributed by atoms with van der Waals surface area (Å²) >= 11 is 0. The summed E-state index contributed by atoms with van der Waals surface area (Å²) in [4.78, 5) is 24.8. The SMILES string of the molecule is COc1cc2ccccc2cc1C(=O)NC(=O)Nc1ccc(-c2nnco2)cc1. The van der Waals surface area contributed by atoms with Crippen molar-refractivity contribution in [2.24, 2.45) is 0 Å². The molecule has 3 amide bonds. The predicted molar refractivity (Wildman–Crippen MR) is 107 cm³/mol. The Morgan fingerprint density at radius 2 is 1.72 bits per heavy atom. The molecule has 8 nitrogen and oxygen atoms in total. The smallest absolute Gasteiger partial charge is 0.326 e. The van der Waals surface area contributed by atoms with E-state index in [9.17, 15) is 9.59 Å². The van der Waals surface area contributed by atoms with Crippen LogP contribution < -0.4 is 15.4 Å². The third-order valence-corrected chi connectivity index (χ3v) is 4.29. The van der Waals surface area contributed by atoms with E-state index in [-0.39, 0.29) is 5.56 Å². The number of hydrogen-bond acceptors (Lipinski definition) is 6. The highest BCUT2D eigenvalue weighted by molar-refractivity contribution is 6.10. The minimum atomic E-state index is -0.657. The van der Waals surface area contributed by atoms with Crippen LogP contribution in [0.2, 0.25) is 0 Å². The van der Waals surface area contributed by atoms with Gasteiger partial charge >= 0.3 is 6.03 Å². The molecule has 0 aliphatic heterocycles. The van der Waals surface area contributed by atoms with E-state index < -0.39 is 11.9 Å². The van der Waals surface area contributed by atoms with Crippen LogP contribution in [0, 0.1) is 0 Å². The number of amides is 3. The van der Waals surface area contributed by atoms with E-state index in [1.807, 2.05) is 24.3 Å². The molecule has 3 aromatic carbocycles. The van der Waals surface area contributed by atoms with Crippen molar-refractivity contribution in [3.8, 4) is 17.2 Å². The lowest BCUT2D eigenvalue weighted by molar-refractivity contribution is 0.0964. The summed E-state index contributed by atoms with van der Waals surface area (Å²) in [5, 5.41) is 14.2. The molecule has 144 valence electrons. The molecular weight excluding hydrogens is 372 g/mol. The lowest BCUT2D eigenvalue weighted by Gasteiger charge is -2.11. The molecule has 4 rings (SSSR count). The number of methoxy groups -OCH3 is 1. The number of hydrogen-bond donors (Lipinski definition) is 2. The van der Waals surface area contributed by atoms with Crippen molar-refractivity contribution in [2.45, 2.75) is 0 Å². The number of benzene rings is 3. The molecule has 1 aromatic heterocycles. The molecule has 0 fully saturated rings. The highest BCUT2D eigenvalue weighted by Gasteiger charge is 2.16. The molecule has 8 heteroatoms. The molecule has 0 radical (unpaired) electrons. The lowest BCUT2D eigenvalue weighted by atomic mass is 10.1. The van der Waals surface area contributed by atoms with E-state index in [2.05, 4.69) is 20.8 Å². The summed E-state index contributed by atoms with van der Waals surface area (Å²) in [7, 11) is 1.48. The lowest BCUT2D eigenvalue weighted by Crippen LogP contribution is -2.34. The molecule has 0 saturated carbocycles. The zero-order valence-electron chi connectivity index (χ0n) is 15.4. The minimum Gasteiger partial charge on any atom is -0.496 e. The number of ether oxygens (including phenoxy) is 1. The maximum absolute atomic E-state index is 12.6. The molecule has 1 heterocycles. The van der Waals surface area contributed by atoms with Crippen LogP contribution in [0.15, 0.2) is 71.5 Å². The molecule has 0 atom stereocenters. The molecule has 0 unspecified atom stereocenters. The molecule has 2 N–H and O–H groups in total. The first-order valence-corrected chi connectivity index (χ1v) is 8.70. The van der Waals surface area contributed by atoms with Crippen molar-refractivity contribution in [3.05, 3.63) is 72.6 Å². The van der Waals surface area contributed by atoms with Gasteiger partial charge in [0.25, 0.3) is 5.91 Å². The fraction of sp³-hybridized carbons (Fsp3) is 0.0476. The van der Waals surface area contributed by atoms with Crippen LogP contribution in [0.3, 0.4) is 0 Å². The Bertz CT molecular complexity index is 1170. The molecule has 0 spiro atoms. The van der Waals surface area contributed by atoms with E-state index in [4.69, 9.17) is 9.15 Å². The average molecular weight is 388 g/mol. The topological polar surface area (TPSA) is 106 Å². The van der Waals surface area contributed by atoms with Crippen molar-refractivity contribution in [3.63, 3.8) is 0 Å². The molecule has 0 aliphatic rings. The number of fused-ring (bicyclic) bond motifs is 1. The van der Waals surface area contributed by atoms with Gasteiger partial charge in [-0.05, 0) is 47.2 Å². The summed E-state index contributed by atoms with van der Waals surface area (Å²) < 4.78 is 10.4. The number of aromatic nitrogens is 2. The van der Waals surface area contributed by atoms with Crippen LogP contribution in [0.5, 0.6) is 5.75 Å². The Kier molecular flexibility index (Phi) is 4.90. The minimum absolute atomic E-state index is 0.271. The average Bonchev–Trinajstić information content (AvgIpc) is 3.28. The number of carbonyl (C=O) groups excluding carboxylic acids is 2. The molecule has 0 aliphatic carbocycles. The van der Waals surface area contributed by atoms with Crippen molar-refractivity contribution >= 4 is 28.4 Å². The van der Waals surface area contributed by atoms with Crippen LogP contribution in [0.1, 0.15) is 10.4 Å². The number of carbonyl (C=O) groups is 2. The van der Waals surface area contributed by atoms with Crippen molar-refractivity contribution in [1.29, 1.82) is 0 Å². The van der Waals surface area contributed by atoms with Crippen molar-refractivity contribution in [2.75, 3.05) is 12.4 Å². The first-order valence-electron chi connectivity index (χ1n) is 8.70. The van der Waals surface area contributed by atoms with Gasteiger partial charge in [0.2, 0.25) is 12.3 Å². The van der Waals surface area contributed by atoms with Gasteiger partial charge < -0.3 is 14.5 Å². The van der Waals surface area contributed by atoms with E-state index in [0.717, 1.165) is 10.8 Å². The highest BCUT2D eigenvalue weighted by atomic mass is 16.5. The fourth-order valence-electron chi connectivity index (χ4n) is 2.89. The van der Waals surface area contributed by atoms with Crippen LogP contribution in [-0.4, -0.2) is 29.2 Å². The van der Waals surface area contributed by atoms with Crippen LogP contribution in [0.4, 0.5) is 10.5 Å². The van der Waals surface area contributed by atoms with Gasteiger partial charge in [-0.3, -0.25) is 10.1 Å². The number of urea groups is 1. The van der Waals surface area contributed by atoms with Gasteiger partial charge in [0, 0.05) is 11.3 Å². The Balaban J connectivity index is 1.47. The van der Waals surface area contributed by atoms with Crippen molar-refractivity contribution in [1.82, 2.24) is 15.5 Å². The number of anilines is 1. The van der Waals surface area contributed by atoms with Crippen LogP contribution in [-0.2, 0) is 0 Å². The summed E-state index contributed by atoms with van der Waals surface area (Å²) in [6.45, 7) is 0. The Hall–Kier alpha value is -4.20. The first-order chi connectivity index (χ1) is 14.1. The number of nitrogens with one attached hydrogen (secondary N) is 2. The Morgan fingerprint density at radius 3 is 2.38 bits per heavy atom. The Morgan fingerprint density at radius 1 is 1.00 bits per heavy atom. The summed E-state index contributed by atoms with van der Waals surface area (Å²) in [5.41, 5.74) is 1.49. The maximum atomic E-state index is 12.6. The zero-order chi connectivity index (χ0) is 20.2. The quantitative estimate of drug-likeness (QED) is 0.550. The third kappa shape index (κ3) is 3.91. The van der Waals surface area contributed by atoms with Gasteiger partial charge in [-0.2, -0.15) is 0 Å². The van der Waals surface area contributed by atoms with Gasteiger partial charge in [0.15, 0.2) is 0 Å². The molecule has 4 aromatic rings. The summed E-state index contributed by atoms with van der Waals surface area (Å²) in [5.74, 6) is 0.199. The second kappa shape index (κ2) is 7.81. The van der Waals surface area contributed by atoms with Crippen LogP contribution >= 0.6 is 0 Å². The van der Waals surface area contributed by atoms with Gasteiger partial charge in [-0.25, -0.2) is 4.79 Å². The second-order valence-corrected chi connectivity index (χ2v) is 6.13. The van der Waals surface area contributed by atoms with Crippen LogP contribution in [0.25, 0.3) is 22.2 Å². The van der Waals surface area contributed by atoms with E-state index >= 15 is 0 Å². The predicted octanol–water partition coefficient (Wildman–Crippen LogP) is 3.86. The highest BCUT2D eigenvalue weighted by Crippen LogP contribution is 2.26. The standard InChI is InChI=1S/C21H16N4O4/c1-28-18-11-15-5-3-2-4-14(15)10-17(18)19(26)24-21(27)23-16-8-6-13(7-9-16)20-25-22-12-29-20/h2-12H,1H3,(H2,23,24,26,27). The van der Waals surface area contributed by atoms with Gasteiger partial charge in [0.05, 0.1) is 12.7 Å². The summed E-state index contributed by atoms with van der Waals surface area (Å²) in [6.07, 6.45) is 1.24. The normalized spacial score (nSPS) is 10.5. The van der Waals surface area contributed by atoms with Crippen molar-refractivity contribution < 1.29 is 18.7 Å². The van der Waals surface area contributed by atoms with E-state index in [1.54, 1.807) is 36.4 Å². The number of rotatable bonds is 4. The molecule has 0 bridgehead atoms. The molecule has 29 heavy (non-hydrogen) atoms. The first kappa shape index (κ1) is 18.2. The summed E-state index contributed by atoms with van der Waals surface area (Å²) in [6, 6.07) is 17.2. The van der Waals surface area contributed by atoms with Gasteiger partial charge in [0.1, 0.15) is 5.75 Å². The van der Waals surface area contributed by atoms with E-state index in [1.165, 1.54) is 13.5 Å².